The van der Waals surface area contributed by atoms with Crippen LogP contribution >= 0.6 is 0 Å². The molecule has 0 atom stereocenters. The Hall–Kier alpha value is -0.620. The Morgan fingerprint density at radius 1 is 1.33 bits per heavy atom. The summed E-state index contributed by atoms with van der Waals surface area (Å²) in [5.41, 5.74) is 0. The third-order valence-electron chi connectivity index (χ3n) is 3.34. The summed E-state index contributed by atoms with van der Waals surface area (Å²) >= 11 is 0. The van der Waals surface area contributed by atoms with Gasteiger partial charge >= 0.3 is 0 Å². The Kier molecular flexibility index (Phi) is 5.59. The fourth-order valence-electron chi connectivity index (χ4n) is 2.26. The van der Waals surface area contributed by atoms with Crippen molar-refractivity contribution in [1.82, 2.24) is 9.62 Å². The molecule has 0 spiro atoms. The predicted molar refractivity (Wildman–Crippen MR) is 71.6 cm³/mol. The van der Waals surface area contributed by atoms with Crippen LogP contribution in [0.15, 0.2) is 0 Å². The van der Waals surface area contributed by atoms with Gasteiger partial charge in [-0.05, 0) is 25.2 Å². The lowest BCUT2D eigenvalue weighted by atomic mass is 9.93. The van der Waals surface area contributed by atoms with Gasteiger partial charge in [-0.3, -0.25) is 4.79 Å². The lowest BCUT2D eigenvalue weighted by Crippen LogP contribution is -2.41. The minimum Gasteiger partial charge on any atom is -0.342 e. The number of likely N-dealkylation sites (tertiary alicyclic amines) is 1. The molecule has 18 heavy (non-hydrogen) atoms. The molecule has 0 aliphatic carbocycles. The Labute approximate surface area is 110 Å². The zero-order chi connectivity index (χ0) is 13.8. The maximum atomic E-state index is 11.8. The molecule has 5 nitrogen and oxygen atoms in total. The number of carbonyl (C=O) groups excluding carboxylic acids is 1. The highest BCUT2D eigenvalue weighted by atomic mass is 32.2. The van der Waals surface area contributed by atoms with Crippen molar-refractivity contribution in [2.45, 2.75) is 33.1 Å². The summed E-state index contributed by atoms with van der Waals surface area (Å²) < 4.78 is 24.4. The second kappa shape index (κ2) is 6.52. The quantitative estimate of drug-likeness (QED) is 0.808. The number of hydrogen-bond donors (Lipinski definition) is 1. The van der Waals surface area contributed by atoms with E-state index in [2.05, 4.69) is 4.72 Å². The van der Waals surface area contributed by atoms with Crippen molar-refractivity contribution in [1.29, 1.82) is 0 Å². The fraction of sp³-hybridized carbons (Fsp3) is 0.917. The van der Waals surface area contributed by atoms with E-state index in [4.69, 9.17) is 0 Å². The maximum absolute atomic E-state index is 11.8. The molecule has 0 radical (unpaired) electrons. The van der Waals surface area contributed by atoms with Crippen LogP contribution < -0.4 is 4.72 Å². The highest BCUT2D eigenvalue weighted by Crippen LogP contribution is 2.21. The number of amides is 1. The maximum Gasteiger partial charge on any atom is 0.225 e. The van der Waals surface area contributed by atoms with Crippen LogP contribution in [0.25, 0.3) is 0 Å². The van der Waals surface area contributed by atoms with Crippen LogP contribution in [0.2, 0.25) is 0 Å². The Bertz CT molecular complexity index is 371. The molecule has 1 amide bonds. The van der Waals surface area contributed by atoms with E-state index in [-0.39, 0.29) is 11.8 Å². The van der Waals surface area contributed by atoms with Crippen molar-refractivity contribution in [2.75, 3.05) is 25.9 Å². The molecule has 0 bridgehead atoms. The van der Waals surface area contributed by atoms with E-state index >= 15 is 0 Å². The minimum atomic E-state index is -3.07. The zero-order valence-electron chi connectivity index (χ0n) is 11.5. The zero-order valence-corrected chi connectivity index (χ0v) is 12.3. The molecule has 0 aromatic carbocycles. The third-order valence-corrected chi connectivity index (χ3v) is 4.07. The van der Waals surface area contributed by atoms with Crippen molar-refractivity contribution >= 4 is 15.9 Å². The van der Waals surface area contributed by atoms with Gasteiger partial charge in [0.05, 0.1) is 6.26 Å². The smallest absolute Gasteiger partial charge is 0.225 e. The van der Waals surface area contributed by atoms with E-state index in [1.54, 1.807) is 0 Å². The molecule has 1 saturated heterocycles. The SMILES string of the molecule is CC(C)C(=O)N1CCC(CCNS(C)(=O)=O)CC1. The summed E-state index contributed by atoms with van der Waals surface area (Å²) in [4.78, 5) is 13.7. The van der Waals surface area contributed by atoms with E-state index in [9.17, 15) is 13.2 Å². The summed E-state index contributed by atoms with van der Waals surface area (Å²) in [5, 5.41) is 0. The van der Waals surface area contributed by atoms with Gasteiger partial charge < -0.3 is 4.90 Å². The average molecular weight is 276 g/mol. The lowest BCUT2D eigenvalue weighted by molar-refractivity contribution is -0.135. The van der Waals surface area contributed by atoms with Gasteiger partial charge in [-0.25, -0.2) is 13.1 Å². The molecule has 0 saturated carbocycles. The van der Waals surface area contributed by atoms with Gasteiger partial charge in [0.2, 0.25) is 15.9 Å². The molecule has 0 aromatic rings. The Balaban J connectivity index is 2.25. The van der Waals surface area contributed by atoms with Crippen molar-refractivity contribution in [2.24, 2.45) is 11.8 Å². The predicted octanol–water partition coefficient (Wildman–Crippen LogP) is 0.820. The summed E-state index contributed by atoms with van der Waals surface area (Å²) in [5.74, 6) is 0.812. The van der Waals surface area contributed by atoms with Gasteiger partial charge in [0.25, 0.3) is 0 Å². The van der Waals surface area contributed by atoms with Crippen molar-refractivity contribution in [3.05, 3.63) is 0 Å². The highest BCUT2D eigenvalue weighted by molar-refractivity contribution is 7.88. The van der Waals surface area contributed by atoms with Crippen molar-refractivity contribution < 1.29 is 13.2 Å². The summed E-state index contributed by atoms with van der Waals surface area (Å²) in [6.07, 6.45) is 3.99. The number of nitrogens with zero attached hydrogens (tertiary/aromatic N) is 1. The van der Waals surface area contributed by atoms with Crippen LogP contribution in [0.3, 0.4) is 0 Å². The first kappa shape index (κ1) is 15.4. The van der Waals surface area contributed by atoms with Crippen LogP contribution in [-0.2, 0) is 14.8 Å². The normalized spacial score (nSPS) is 18.3. The summed E-state index contributed by atoms with van der Waals surface area (Å²) in [6.45, 7) is 5.96. The molecule has 1 rings (SSSR count). The number of piperidine rings is 1. The molecule has 1 aliphatic heterocycles. The number of rotatable bonds is 5. The van der Waals surface area contributed by atoms with Gasteiger partial charge in [0.1, 0.15) is 0 Å². The number of sulfonamides is 1. The molecule has 1 aliphatic rings. The Morgan fingerprint density at radius 2 is 1.89 bits per heavy atom. The molecule has 0 aromatic heterocycles. The highest BCUT2D eigenvalue weighted by Gasteiger charge is 2.23. The first-order valence-corrected chi connectivity index (χ1v) is 8.42. The lowest BCUT2D eigenvalue weighted by Gasteiger charge is -2.33. The standard InChI is InChI=1S/C12H24N2O3S/c1-10(2)12(15)14-8-5-11(6-9-14)4-7-13-18(3,16)17/h10-11,13H,4-9H2,1-3H3. The number of nitrogens with one attached hydrogen (secondary N) is 1. The van der Waals surface area contributed by atoms with Crippen LogP contribution in [0.1, 0.15) is 33.1 Å². The van der Waals surface area contributed by atoms with Crippen LogP contribution in [0, 0.1) is 11.8 Å². The van der Waals surface area contributed by atoms with E-state index in [1.165, 1.54) is 6.26 Å². The third kappa shape index (κ3) is 5.35. The second-order valence-electron chi connectivity index (χ2n) is 5.38. The minimum absolute atomic E-state index is 0.0634. The van der Waals surface area contributed by atoms with Gasteiger partial charge in [-0.15, -0.1) is 0 Å². The van der Waals surface area contributed by atoms with E-state index in [0.29, 0.717) is 12.5 Å². The second-order valence-corrected chi connectivity index (χ2v) is 7.21. The van der Waals surface area contributed by atoms with E-state index < -0.39 is 10.0 Å². The molecule has 1 heterocycles. The first-order chi connectivity index (χ1) is 8.29. The van der Waals surface area contributed by atoms with Crippen LogP contribution in [0.5, 0.6) is 0 Å². The first-order valence-electron chi connectivity index (χ1n) is 6.53. The van der Waals surface area contributed by atoms with E-state index in [0.717, 1.165) is 32.4 Å². The largest absolute Gasteiger partial charge is 0.342 e. The molecular formula is C12H24N2O3S. The number of hydrogen-bond acceptors (Lipinski definition) is 3. The Morgan fingerprint density at radius 3 is 2.33 bits per heavy atom. The van der Waals surface area contributed by atoms with Crippen LogP contribution in [-0.4, -0.2) is 45.1 Å². The van der Waals surface area contributed by atoms with Gasteiger partial charge in [0, 0.05) is 25.6 Å². The van der Waals surface area contributed by atoms with E-state index in [1.807, 2.05) is 18.7 Å². The van der Waals surface area contributed by atoms with Gasteiger partial charge in [0.15, 0.2) is 0 Å². The van der Waals surface area contributed by atoms with Crippen LogP contribution in [0.4, 0.5) is 0 Å². The van der Waals surface area contributed by atoms with Gasteiger partial charge in [-0.1, -0.05) is 13.8 Å². The van der Waals surface area contributed by atoms with Crippen molar-refractivity contribution in [3.63, 3.8) is 0 Å². The number of carbonyl (C=O) groups is 1. The molecule has 106 valence electrons. The molecule has 1 N–H and O–H groups in total. The molecule has 6 heteroatoms. The summed E-state index contributed by atoms with van der Waals surface area (Å²) in [7, 11) is -3.07. The fourth-order valence-corrected chi connectivity index (χ4v) is 2.74. The molecule has 0 unspecified atom stereocenters. The monoisotopic (exact) mass is 276 g/mol. The summed E-state index contributed by atoms with van der Waals surface area (Å²) in [6, 6.07) is 0. The molecular weight excluding hydrogens is 252 g/mol. The topological polar surface area (TPSA) is 66.5 Å². The molecule has 1 fully saturated rings. The average Bonchev–Trinajstić information content (AvgIpc) is 2.27. The van der Waals surface area contributed by atoms with Gasteiger partial charge in [-0.2, -0.15) is 0 Å². The van der Waals surface area contributed by atoms with Crippen molar-refractivity contribution in [3.8, 4) is 0 Å².